The van der Waals surface area contributed by atoms with Gasteiger partial charge in [-0.15, -0.1) is 0 Å². The van der Waals surface area contributed by atoms with E-state index < -0.39 is 0 Å². The van der Waals surface area contributed by atoms with Crippen molar-refractivity contribution in [3.63, 3.8) is 0 Å². The van der Waals surface area contributed by atoms with Crippen LogP contribution in [-0.2, 0) is 11.2 Å². The number of aliphatic hydroxyl groups excluding tert-OH is 2. The van der Waals surface area contributed by atoms with Crippen LogP contribution in [0.15, 0.2) is 24.3 Å². The van der Waals surface area contributed by atoms with Crippen LogP contribution in [0.1, 0.15) is 24.8 Å². The first kappa shape index (κ1) is 17.7. The molecule has 24 heavy (non-hydrogen) atoms. The highest BCUT2D eigenvalue weighted by Crippen LogP contribution is 2.20. The lowest BCUT2D eigenvalue weighted by Gasteiger charge is -2.36. The van der Waals surface area contributed by atoms with Crippen molar-refractivity contribution in [3.8, 4) is 5.75 Å². The first-order valence-corrected chi connectivity index (χ1v) is 9.07. The van der Waals surface area contributed by atoms with Crippen molar-refractivity contribution < 1.29 is 19.7 Å². The largest absolute Gasteiger partial charge is 0.493 e. The number of rotatable bonds is 7. The SMILES string of the molecule is OCC1CC(O)CCN1CCc1ccc(OCC2CCOC2)cc1. The number of aliphatic hydroxyl groups is 2. The fourth-order valence-corrected chi connectivity index (χ4v) is 3.52. The van der Waals surface area contributed by atoms with Crippen molar-refractivity contribution in [2.75, 3.05) is 39.5 Å². The molecule has 0 amide bonds. The molecule has 1 aromatic carbocycles. The lowest BCUT2D eigenvalue weighted by atomic mass is 9.99. The summed E-state index contributed by atoms with van der Waals surface area (Å²) < 4.78 is 11.2. The van der Waals surface area contributed by atoms with Gasteiger partial charge in [0.15, 0.2) is 0 Å². The van der Waals surface area contributed by atoms with Crippen molar-refractivity contribution in [1.82, 2.24) is 4.90 Å². The van der Waals surface area contributed by atoms with Gasteiger partial charge in [0, 0.05) is 31.7 Å². The van der Waals surface area contributed by atoms with Crippen molar-refractivity contribution in [3.05, 3.63) is 29.8 Å². The maximum Gasteiger partial charge on any atom is 0.119 e. The first-order valence-electron chi connectivity index (χ1n) is 9.07. The summed E-state index contributed by atoms with van der Waals surface area (Å²) in [5, 5.41) is 19.2. The smallest absolute Gasteiger partial charge is 0.119 e. The maximum absolute atomic E-state index is 9.71. The van der Waals surface area contributed by atoms with E-state index in [1.807, 2.05) is 12.1 Å². The Morgan fingerprint density at radius 2 is 2.04 bits per heavy atom. The average Bonchev–Trinajstić information content (AvgIpc) is 3.13. The molecule has 0 saturated carbocycles. The second-order valence-corrected chi connectivity index (χ2v) is 6.99. The standard InChI is InChI=1S/C19H29NO4/c21-12-17-11-18(22)6-9-20(17)8-5-15-1-3-19(4-2-15)24-14-16-7-10-23-13-16/h1-4,16-18,21-22H,5-14H2. The molecule has 2 heterocycles. The number of nitrogens with zero attached hydrogens (tertiary/aromatic N) is 1. The van der Waals surface area contributed by atoms with Gasteiger partial charge in [-0.2, -0.15) is 0 Å². The first-order chi connectivity index (χ1) is 11.7. The molecular weight excluding hydrogens is 306 g/mol. The molecule has 2 fully saturated rings. The Kier molecular flexibility index (Phi) is 6.49. The van der Waals surface area contributed by atoms with Gasteiger partial charge in [-0.3, -0.25) is 4.90 Å². The molecule has 0 aromatic heterocycles. The van der Waals surface area contributed by atoms with Crippen molar-refractivity contribution >= 4 is 0 Å². The molecule has 5 heteroatoms. The summed E-state index contributed by atoms with van der Waals surface area (Å²) in [6.07, 6.45) is 3.25. The van der Waals surface area contributed by atoms with E-state index >= 15 is 0 Å². The van der Waals surface area contributed by atoms with Crippen LogP contribution < -0.4 is 4.74 Å². The summed E-state index contributed by atoms with van der Waals surface area (Å²) >= 11 is 0. The maximum atomic E-state index is 9.71. The van der Waals surface area contributed by atoms with Crippen LogP contribution in [0.2, 0.25) is 0 Å². The van der Waals surface area contributed by atoms with Gasteiger partial charge in [0.1, 0.15) is 5.75 Å². The highest BCUT2D eigenvalue weighted by Gasteiger charge is 2.26. The quantitative estimate of drug-likeness (QED) is 0.790. The summed E-state index contributed by atoms with van der Waals surface area (Å²) in [6, 6.07) is 8.40. The zero-order valence-corrected chi connectivity index (χ0v) is 14.3. The zero-order valence-electron chi connectivity index (χ0n) is 14.3. The molecule has 3 unspecified atom stereocenters. The lowest BCUT2D eigenvalue weighted by Crippen LogP contribution is -2.47. The topological polar surface area (TPSA) is 62.2 Å². The summed E-state index contributed by atoms with van der Waals surface area (Å²) in [4.78, 5) is 2.29. The molecule has 2 aliphatic rings. The van der Waals surface area contributed by atoms with Gasteiger partial charge in [-0.25, -0.2) is 0 Å². The second-order valence-electron chi connectivity index (χ2n) is 6.99. The van der Waals surface area contributed by atoms with Gasteiger partial charge in [0.05, 0.1) is 25.9 Å². The Hall–Kier alpha value is -1.14. The third kappa shape index (κ3) is 4.93. The van der Waals surface area contributed by atoms with E-state index in [1.165, 1.54) is 5.56 Å². The minimum atomic E-state index is -0.264. The Balaban J connectivity index is 1.43. The van der Waals surface area contributed by atoms with E-state index in [4.69, 9.17) is 9.47 Å². The molecule has 1 aromatic rings. The number of ether oxygens (including phenoxy) is 2. The van der Waals surface area contributed by atoms with Gasteiger partial charge >= 0.3 is 0 Å². The number of hydrogen-bond donors (Lipinski definition) is 2. The van der Waals surface area contributed by atoms with Gasteiger partial charge in [-0.05, 0) is 43.4 Å². The van der Waals surface area contributed by atoms with Crippen LogP contribution in [0.5, 0.6) is 5.75 Å². The summed E-state index contributed by atoms with van der Waals surface area (Å²) in [5.41, 5.74) is 1.27. The molecule has 0 bridgehead atoms. The van der Waals surface area contributed by atoms with Crippen molar-refractivity contribution in [1.29, 1.82) is 0 Å². The van der Waals surface area contributed by atoms with Crippen LogP contribution in [0.4, 0.5) is 0 Å². The van der Waals surface area contributed by atoms with E-state index in [0.717, 1.165) is 57.9 Å². The average molecular weight is 335 g/mol. The summed E-state index contributed by atoms with van der Waals surface area (Å²) in [5.74, 6) is 1.44. The third-order valence-electron chi connectivity index (χ3n) is 5.14. The number of piperidine rings is 1. The van der Waals surface area contributed by atoms with E-state index in [9.17, 15) is 10.2 Å². The second kappa shape index (κ2) is 8.81. The Labute approximate surface area is 144 Å². The molecule has 2 saturated heterocycles. The molecule has 5 nitrogen and oxygen atoms in total. The van der Waals surface area contributed by atoms with Gasteiger partial charge < -0.3 is 19.7 Å². The minimum absolute atomic E-state index is 0.0880. The van der Waals surface area contributed by atoms with Gasteiger partial charge in [-0.1, -0.05) is 12.1 Å². The summed E-state index contributed by atoms with van der Waals surface area (Å²) in [6.45, 7) is 4.29. The van der Waals surface area contributed by atoms with Crippen LogP contribution in [-0.4, -0.2) is 66.8 Å². The van der Waals surface area contributed by atoms with Crippen LogP contribution in [0.25, 0.3) is 0 Å². The fourth-order valence-electron chi connectivity index (χ4n) is 3.52. The number of likely N-dealkylation sites (tertiary alicyclic amines) is 1. The van der Waals surface area contributed by atoms with E-state index in [2.05, 4.69) is 17.0 Å². The van der Waals surface area contributed by atoms with Crippen molar-refractivity contribution in [2.45, 2.75) is 37.8 Å². The van der Waals surface area contributed by atoms with E-state index in [-0.39, 0.29) is 18.8 Å². The summed E-state index contributed by atoms with van der Waals surface area (Å²) in [7, 11) is 0. The van der Waals surface area contributed by atoms with Gasteiger partial charge in [0.2, 0.25) is 0 Å². The predicted octanol–water partition coefficient (Wildman–Crippen LogP) is 1.46. The number of hydrogen-bond acceptors (Lipinski definition) is 5. The highest BCUT2D eigenvalue weighted by atomic mass is 16.5. The van der Waals surface area contributed by atoms with Crippen LogP contribution >= 0.6 is 0 Å². The van der Waals surface area contributed by atoms with Crippen LogP contribution in [0, 0.1) is 5.92 Å². The monoisotopic (exact) mass is 335 g/mol. The Morgan fingerprint density at radius 3 is 2.75 bits per heavy atom. The zero-order chi connectivity index (χ0) is 16.8. The molecule has 0 aliphatic carbocycles. The Bertz CT molecular complexity index is 487. The predicted molar refractivity (Wildman–Crippen MR) is 92.3 cm³/mol. The van der Waals surface area contributed by atoms with Gasteiger partial charge in [0.25, 0.3) is 0 Å². The molecule has 3 atom stereocenters. The minimum Gasteiger partial charge on any atom is -0.493 e. The third-order valence-corrected chi connectivity index (χ3v) is 5.14. The molecule has 0 radical (unpaired) electrons. The fraction of sp³-hybridized carbons (Fsp3) is 0.684. The molecule has 2 aliphatic heterocycles. The highest BCUT2D eigenvalue weighted by molar-refractivity contribution is 5.27. The molecule has 3 rings (SSSR count). The molecule has 134 valence electrons. The van der Waals surface area contributed by atoms with E-state index in [1.54, 1.807) is 0 Å². The molecule has 0 spiro atoms. The molecular formula is C19H29NO4. The number of benzene rings is 1. The van der Waals surface area contributed by atoms with E-state index in [0.29, 0.717) is 12.3 Å². The Morgan fingerprint density at radius 1 is 1.21 bits per heavy atom. The lowest BCUT2D eigenvalue weighted by molar-refractivity contribution is 0.0177. The van der Waals surface area contributed by atoms with Crippen molar-refractivity contribution in [2.24, 2.45) is 5.92 Å². The van der Waals surface area contributed by atoms with Crippen LogP contribution in [0.3, 0.4) is 0 Å². The molecule has 2 N–H and O–H groups in total. The normalized spacial score (nSPS) is 28.2.